The minimum Gasteiger partial charge on any atom is -0.444 e. The maximum Gasteiger partial charge on any atom is 0.408 e. The Labute approximate surface area is 114 Å². The highest BCUT2D eigenvalue weighted by atomic mass is 16.6. The maximum atomic E-state index is 11.5. The van der Waals surface area contributed by atoms with Gasteiger partial charge < -0.3 is 15.4 Å². The SMILES string of the molecule is CC(C)(C)OC(=O)NCC(=O)CNC(=O)C(C)(C)C. The number of nitrogens with one attached hydrogen (secondary N) is 2. The van der Waals surface area contributed by atoms with Crippen molar-refractivity contribution in [2.45, 2.75) is 47.1 Å². The first kappa shape index (κ1) is 17.4. The molecule has 0 aliphatic heterocycles. The van der Waals surface area contributed by atoms with Gasteiger partial charge in [-0.2, -0.15) is 0 Å². The third kappa shape index (κ3) is 9.04. The molecule has 0 rings (SSSR count). The monoisotopic (exact) mass is 272 g/mol. The molecule has 6 heteroatoms. The molecule has 19 heavy (non-hydrogen) atoms. The number of alkyl carbamates (subject to hydrolysis) is 1. The number of ether oxygens (including phenoxy) is 1. The molecule has 0 heterocycles. The lowest BCUT2D eigenvalue weighted by Crippen LogP contribution is -2.42. The molecule has 0 unspecified atom stereocenters. The molecule has 2 N–H and O–H groups in total. The van der Waals surface area contributed by atoms with Crippen molar-refractivity contribution in [3.63, 3.8) is 0 Å². The molecule has 0 radical (unpaired) electrons. The van der Waals surface area contributed by atoms with Gasteiger partial charge in [-0.3, -0.25) is 9.59 Å². The highest BCUT2D eigenvalue weighted by molar-refractivity contribution is 5.90. The van der Waals surface area contributed by atoms with Crippen molar-refractivity contribution in [3.05, 3.63) is 0 Å². The van der Waals surface area contributed by atoms with Crippen LogP contribution in [0.25, 0.3) is 0 Å². The molecule has 110 valence electrons. The van der Waals surface area contributed by atoms with Gasteiger partial charge >= 0.3 is 6.09 Å². The van der Waals surface area contributed by atoms with Crippen LogP contribution in [0.2, 0.25) is 0 Å². The number of ketones is 1. The molecular formula is C13H24N2O4. The van der Waals surface area contributed by atoms with Gasteiger partial charge in [0.2, 0.25) is 5.91 Å². The van der Waals surface area contributed by atoms with E-state index in [1.54, 1.807) is 41.5 Å². The van der Waals surface area contributed by atoms with Crippen LogP contribution in [0.4, 0.5) is 4.79 Å². The number of carbonyl (C=O) groups excluding carboxylic acids is 3. The highest BCUT2D eigenvalue weighted by Crippen LogP contribution is 2.11. The van der Waals surface area contributed by atoms with Gasteiger partial charge in [-0.1, -0.05) is 20.8 Å². The van der Waals surface area contributed by atoms with E-state index in [-0.39, 0.29) is 24.8 Å². The first-order chi connectivity index (χ1) is 8.42. The van der Waals surface area contributed by atoms with Gasteiger partial charge in [0.15, 0.2) is 5.78 Å². The average molecular weight is 272 g/mol. The predicted octanol–water partition coefficient (Wildman–Crippen LogP) is 1.24. The summed E-state index contributed by atoms with van der Waals surface area (Å²) >= 11 is 0. The second-order valence-corrected chi connectivity index (χ2v) is 6.33. The Morgan fingerprint density at radius 2 is 1.37 bits per heavy atom. The van der Waals surface area contributed by atoms with Crippen LogP contribution in [0.5, 0.6) is 0 Å². The van der Waals surface area contributed by atoms with E-state index in [9.17, 15) is 14.4 Å². The van der Waals surface area contributed by atoms with Crippen LogP contribution in [-0.4, -0.2) is 36.5 Å². The lowest BCUT2D eigenvalue weighted by molar-refractivity contribution is -0.130. The van der Waals surface area contributed by atoms with Gasteiger partial charge in [0, 0.05) is 5.41 Å². The Balaban J connectivity index is 3.95. The average Bonchev–Trinajstić information content (AvgIpc) is 2.19. The number of rotatable bonds is 4. The molecule has 0 saturated heterocycles. The van der Waals surface area contributed by atoms with Crippen LogP contribution in [0, 0.1) is 5.41 Å². The van der Waals surface area contributed by atoms with Gasteiger partial charge in [-0.15, -0.1) is 0 Å². The van der Waals surface area contributed by atoms with E-state index < -0.39 is 17.1 Å². The summed E-state index contributed by atoms with van der Waals surface area (Å²) in [5.41, 5.74) is -1.15. The number of amides is 2. The highest BCUT2D eigenvalue weighted by Gasteiger charge is 2.21. The summed E-state index contributed by atoms with van der Waals surface area (Å²) in [6, 6.07) is 0. The lowest BCUT2D eigenvalue weighted by Gasteiger charge is -2.20. The number of hydrogen-bond donors (Lipinski definition) is 2. The standard InChI is InChI=1S/C13H24N2O4/c1-12(2,3)10(17)14-7-9(16)8-15-11(18)19-13(4,5)6/h7-8H2,1-6H3,(H,14,17)(H,15,18). The summed E-state index contributed by atoms with van der Waals surface area (Å²) in [5, 5.41) is 4.85. The molecule has 0 fully saturated rings. The summed E-state index contributed by atoms with van der Waals surface area (Å²) in [5.74, 6) is -0.499. The zero-order valence-electron chi connectivity index (χ0n) is 12.5. The quantitative estimate of drug-likeness (QED) is 0.806. The van der Waals surface area contributed by atoms with Crippen LogP contribution < -0.4 is 10.6 Å². The van der Waals surface area contributed by atoms with E-state index in [0.29, 0.717) is 0 Å². The Bertz CT molecular complexity index is 351. The first-order valence-electron chi connectivity index (χ1n) is 6.18. The third-order valence-corrected chi connectivity index (χ3v) is 1.96. The van der Waals surface area contributed by atoms with Crippen molar-refractivity contribution < 1.29 is 19.1 Å². The summed E-state index contributed by atoms with van der Waals surface area (Å²) in [6.45, 7) is 10.2. The van der Waals surface area contributed by atoms with E-state index in [0.717, 1.165) is 0 Å². The topological polar surface area (TPSA) is 84.5 Å². The number of Topliss-reactive ketones (excluding diaryl/α,β-unsaturated/α-hetero) is 1. The fraction of sp³-hybridized carbons (Fsp3) is 0.769. The number of carbonyl (C=O) groups is 3. The van der Waals surface area contributed by atoms with Crippen LogP contribution in [-0.2, 0) is 14.3 Å². The fourth-order valence-corrected chi connectivity index (χ4v) is 0.991. The van der Waals surface area contributed by atoms with Gasteiger partial charge in [-0.05, 0) is 20.8 Å². The number of hydrogen-bond acceptors (Lipinski definition) is 4. The Morgan fingerprint density at radius 1 is 0.895 bits per heavy atom. The van der Waals surface area contributed by atoms with Crippen LogP contribution >= 0.6 is 0 Å². The second-order valence-electron chi connectivity index (χ2n) is 6.33. The summed E-state index contributed by atoms with van der Waals surface area (Å²) in [4.78, 5) is 34.3. The molecule has 0 spiro atoms. The summed E-state index contributed by atoms with van der Waals surface area (Å²) in [6.07, 6.45) is -0.650. The molecule has 0 aromatic carbocycles. The van der Waals surface area contributed by atoms with Gasteiger partial charge in [-0.25, -0.2) is 4.79 Å². The lowest BCUT2D eigenvalue weighted by atomic mass is 9.96. The van der Waals surface area contributed by atoms with Crippen molar-refractivity contribution in [2.75, 3.05) is 13.1 Å². The van der Waals surface area contributed by atoms with Gasteiger partial charge in [0.25, 0.3) is 0 Å². The van der Waals surface area contributed by atoms with Crippen molar-refractivity contribution >= 4 is 17.8 Å². The van der Waals surface area contributed by atoms with Gasteiger partial charge in [0.1, 0.15) is 5.60 Å². The zero-order chi connectivity index (χ0) is 15.3. The van der Waals surface area contributed by atoms with E-state index in [1.165, 1.54) is 0 Å². The minimum atomic E-state index is -0.650. The molecule has 0 aromatic rings. The summed E-state index contributed by atoms with van der Waals surface area (Å²) in [7, 11) is 0. The normalized spacial score (nSPS) is 11.7. The van der Waals surface area contributed by atoms with Crippen LogP contribution in [0.15, 0.2) is 0 Å². The smallest absolute Gasteiger partial charge is 0.408 e. The maximum absolute atomic E-state index is 11.5. The molecular weight excluding hydrogens is 248 g/mol. The van der Waals surface area contributed by atoms with Crippen LogP contribution in [0.3, 0.4) is 0 Å². The molecule has 0 aliphatic rings. The van der Waals surface area contributed by atoms with Crippen molar-refractivity contribution in [3.8, 4) is 0 Å². The molecule has 6 nitrogen and oxygen atoms in total. The molecule has 0 aliphatic carbocycles. The van der Waals surface area contributed by atoms with E-state index in [1.807, 2.05) is 0 Å². The Morgan fingerprint density at radius 3 is 1.79 bits per heavy atom. The predicted molar refractivity (Wildman–Crippen MR) is 71.7 cm³/mol. The molecule has 0 atom stereocenters. The largest absolute Gasteiger partial charge is 0.444 e. The van der Waals surface area contributed by atoms with E-state index in [4.69, 9.17) is 4.74 Å². The second kappa shape index (κ2) is 6.54. The third-order valence-electron chi connectivity index (χ3n) is 1.96. The van der Waals surface area contributed by atoms with Crippen LogP contribution in [0.1, 0.15) is 41.5 Å². The van der Waals surface area contributed by atoms with Crippen molar-refractivity contribution in [2.24, 2.45) is 5.41 Å². The molecule has 0 aromatic heterocycles. The molecule has 0 bridgehead atoms. The van der Waals surface area contributed by atoms with E-state index >= 15 is 0 Å². The first-order valence-corrected chi connectivity index (χ1v) is 6.18. The van der Waals surface area contributed by atoms with Crippen molar-refractivity contribution in [1.29, 1.82) is 0 Å². The Kier molecular flexibility index (Phi) is 5.99. The molecule has 2 amide bonds. The Hall–Kier alpha value is -1.59. The minimum absolute atomic E-state index is 0.105. The molecule has 0 saturated carbocycles. The fourth-order valence-electron chi connectivity index (χ4n) is 0.991. The van der Waals surface area contributed by atoms with Gasteiger partial charge in [0.05, 0.1) is 13.1 Å². The summed E-state index contributed by atoms with van der Waals surface area (Å²) < 4.78 is 4.98. The van der Waals surface area contributed by atoms with Crippen molar-refractivity contribution in [1.82, 2.24) is 10.6 Å². The van der Waals surface area contributed by atoms with E-state index in [2.05, 4.69) is 10.6 Å². The zero-order valence-corrected chi connectivity index (χ0v) is 12.5.